The molecule has 1 N–H and O–H groups in total. The molecule has 1 atom stereocenters. The first-order valence-electron chi connectivity index (χ1n) is 3.55. The van der Waals surface area contributed by atoms with E-state index < -0.39 is 14.8 Å². The molecule has 0 saturated carbocycles. The predicted octanol–water partition coefficient (Wildman–Crippen LogP) is 1.68. The van der Waals surface area contributed by atoms with Crippen molar-refractivity contribution in [3.05, 3.63) is 35.4 Å². The molecule has 0 aromatic heterocycles. The topological polar surface area (TPSA) is 78.2 Å². The van der Waals surface area contributed by atoms with Gasteiger partial charge >= 0.3 is 0 Å². The summed E-state index contributed by atoms with van der Waals surface area (Å²) in [5.74, 6) is 0. The minimum Gasteiger partial charge on any atom is -0.284 e. The molecule has 14 heavy (non-hydrogen) atoms. The second kappa shape index (κ2) is 3.96. The maximum absolute atomic E-state index is 10.6. The molecule has 0 heterocycles. The van der Waals surface area contributed by atoms with Crippen molar-refractivity contribution in [2.75, 3.05) is 0 Å². The summed E-state index contributed by atoms with van der Waals surface area (Å²) in [6, 6.07) is 7.49. The molecule has 1 rings (SSSR count). The highest BCUT2D eigenvalue weighted by Gasteiger charge is 2.21. The molecule has 4 nitrogen and oxygen atoms in total. The standard InChI is InChI=1S/C8H6ClNO3S/c9-8(14(11,12)13)7-3-1-6(5-10)2-4-7/h1-4,8H,(H,11,12,13). The minimum absolute atomic E-state index is 0.230. The molecular weight excluding hydrogens is 226 g/mol. The predicted molar refractivity (Wildman–Crippen MR) is 51.3 cm³/mol. The second-order valence-corrected chi connectivity index (χ2v) is 4.76. The maximum atomic E-state index is 10.6. The second-order valence-electron chi connectivity index (χ2n) is 2.56. The Morgan fingerprint density at radius 2 is 1.86 bits per heavy atom. The molecule has 0 aliphatic carbocycles. The van der Waals surface area contributed by atoms with Crippen LogP contribution in [-0.4, -0.2) is 13.0 Å². The van der Waals surface area contributed by atoms with Crippen LogP contribution in [0.3, 0.4) is 0 Å². The van der Waals surface area contributed by atoms with Gasteiger partial charge in [-0.25, -0.2) is 0 Å². The van der Waals surface area contributed by atoms with Gasteiger partial charge in [0.15, 0.2) is 4.71 Å². The van der Waals surface area contributed by atoms with E-state index in [0.717, 1.165) is 0 Å². The molecule has 0 amide bonds. The third-order valence-corrected chi connectivity index (χ3v) is 3.29. The van der Waals surface area contributed by atoms with Crippen LogP contribution in [0.15, 0.2) is 24.3 Å². The Morgan fingerprint density at radius 1 is 1.36 bits per heavy atom. The van der Waals surface area contributed by atoms with Gasteiger partial charge in [0.05, 0.1) is 11.6 Å². The van der Waals surface area contributed by atoms with E-state index in [1.807, 2.05) is 6.07 Å². The lowest BCUT2D eigenvalue weighted by atomic mass is 10.2. The van der Waals surface area contributed by atoms with Crippen molar-refractivity contribution < 1.29 is 13.0 Å². The molecule has 0 fully saturated rings. The number of benzene rings is 1. The van der Waals surface area contributed by atoms with E-state index in [1.165, 1.54) is 24.3 Å². The van der Waals surface area contributed by atoms with Crippen molar-refractivity contribution >= 4 is 21.7 Å². The molecule has 1 unspecified atom stereocenters. The molecule has 0 aliphatic rings. The van der Waals surface area contributed by atoms with Crippen LogP contribution in [0.4, 0.5) is 0 Å². The van der Waals surface area contributed by atoms with Crippen LogP contribution < -0.4 is 0 Å². The summed E-state index contributed by atoms with van der Waals surface area (Å²) in [4.78, 5) is 0. The number of rotatable bonds is 2. The first kappa shape index (κ1) is 11.0. The van der Waals surface area contributed by atoms with Crippen molar-refractivity contribution in [1.29, 1.82) is 5.26 Å². The first-order valence-corrected chi connectivity index (χ1v) is 5.49. The molecule has 0 bridgehead atoms. The Balaban J connectivity index is 3.06. The van der Waals surface area contributed by atoms with Gasteiger partial charge in [0.25, 0.3) is 10.1 Å². The van der Waals surface area contributed by atoms with Gasteiger partial charge in [-0.1, -0.05) is 23.7 Å². The average molecular weight is 232 g/mol. The summed E-state index contributed by atoms with van der Waals surface area (Å²) in [7, 11) is -4.29. The highest BCUT2D eigenvalue weighted by atomic mass is 35.5. The van der Waals surface area contributed by atoms with E-state index in [-0.39, 0.29) is 5.56 Å². The van der Waals surface area contributed by atoms with Crippen LogP contribution in [0.25, 0.3) is 0 Å². The molecule has 6 heteroatoms. The zero-order valence-corrected chi connectivity index (χ0v) is 8.46. The number of hydrogen-bond acceptors (Lipinski definition) is 3. The van der Waals surface area contributed by atoms with Crippen molar-refractivity contribution in [3.63, 3.8) is 0 Å². The first-order chi connectivity index (χ1) is 6.45. The Morgan fingerprint density at radius 3 is 2.21 bits per heavy atom. The van der Waals surface area contributed by atoms with E-state index in [9.17, 15) is 8.42 Å². The summed E-state index contributed by atoms with van der Waals surface area (Å²) in [5.41, 5.74) is 0.626. The monoisotopic (exact) mass is 231 g/mol. The van der Waals surface area contributed by atoms with Crippen LogP contribution in [0, 0.1) is 11.3 Å². The number of nitriles is 1. The van der Waals surface area contributed by atoms with Crippen LogP contribution in [-0.2, 0) is 10.1 Å². The zero-order chi connectivity index (χ0) is 10.8. The minimum atomic E-state index is -4.29. The van der Waals surface area contributed by atoms with Gasteiger partial charge in [0, 0.05) is 0 Å². The van der Waals surface area contributed by atoms with Crippen molar-refractivity contribution in [2.45, 2.75) is 4.71 Å². The van der Waals surface area contributed by atoms with Crippen LogP contribution in [0.5, 0.6) is 0 Å². The van der Waals surface area contributed by atoms with Crippen LogP contribution in [0.2, 0.25) is 0 Å². The smallest absolute Gasteiger partial charge is 0.284 e. The molecule has 0 aliphatic heterocycles. The molecular formula is C8H6ClNO3S. The molecule has 74 valence electrons. The quantitative estimate of drug-likeness (QED) is 0.621. The molecule has 0 saturated heterocycles. The van der Waals surface area contributed by atoms with E-state index >= 15 is 0 Å². The largest absolute Gasteiger partial charge is 0.286 e. The van der Waals surface area contributed by atoms with Crippen LogP contribution in [0.1, 0.15) is 15.8 Å². The summed E-state index contributed by atoms with van der Waals surface area (Å²) in [6.45, 7) is 0. The van der Waals surface area contributed by atoms with Gasteiger partial charge in [-0.3, -0.25) is 4.55 Å². The lowest BCUT2D eigenvalue weighted by Gasteiger charge is -2.05. The fraction of sp³-hybridized carbons (Fsp3) is 0.125. The third kappa shape index (κ3) is 2.45. The Kier molecular flexibility index (Phi) is 3.11. The van der Waals surface area contributed by atoms with E-state index in [2.05, 4.69) is 0 Å². The lowest BCUT2D eigenvalue weighted by Crippen LogP contribution is -2.05. The van der Waals surface area contributed by atoms with Gasteiger partial charge in [0.2, 0.25) is 0 Å². The number of nitrogens with zero attached hydrogens (tertiary/aromatic N) is 1. The molecule has 1 aromatic carbocycles. The number of halogens is 1. The fourth-order valence-corrected chi connectivity index (χ4v) is 1.53. The van der Waals surface area contributed by atoms with E-state index in [0.29, 0.717) is 5.56 Å². The molecule has 0 spiro atoms. The van der Waals surface area contributed by atoms with Crippen molar-refractivity contribution in [1.82, 2.24) is 0 Å². The van der Waals surface area contributed by atoms with Gasteiger partial charge in [-0.15, -0.1) is 0 Å². The Labute approximate surface area is 86.5 Å². The van der Waals surface area contributed by atoms with Crippen molar-refractivity contribution in [2.24, 2.45) is 0 Å². The Hall–Kier alpha value is -1.09. The number of hydrogen-bond donors (Lipinski definition) is 1. The fourth-order valence-electron chi connectivity index (χ4n) is 0.881. The highest BCUT2D eigenvalue weighted by Crippen LogP contribution is 2.25. The molecule has 0 radical (unpaired) electrons. The summed E-state index contributed by atoms with van der Waals surface area (Å²) in [6.07, 6.45) is 0. The van der Waals surface area contributed by atoms with Crippen molar-refractivity contribution in [3.8, 4) is 6.07 Å². The van der Waals surface area contributed by atoms with E-state index in [1.54, 1.807) is 0 Å². The SMILES string of the molecule is N#Cc1ccc(C(Cl)S(=O)(=O)O)cc1. The van der Waals surface area contributed by atoms with Gasteiger partial charge < -0.3 is 0 Å². The lowest BCUT2D eigenvalue weighted by molar-refractivity contribution is 0.480. The number of alkyl halides is 1. The Bertz CT molecular complexity index is 460. The summed E-state index contributed by atoms with van der Waals surface area (Å²) < 4.78 is 28.4. The maximum Gasteiger partial charge on any atom is 0.286 e. The summed E-state index contributed by atoms with van der Waals surface area (Å²) >= 11 is 5.46. The normalized spacial score (nSPS) is 13.2. The van der Waals surface area contributed by atoms with Gasteiger partial charge in [-0.05, 0) is 17.7 Å². The van der Waals surface area contributed by atoms with E-state index in [4.69, 9.17) is 21.4 Å². The van der Waals surface area contributed by atoms with Crippen LogP contribution >= 0.6 is 11.6 Å². The average Bonchev–Trinajstić information content (AvgIpc) is 2.15. The zero-order valence-electron chi connectivity index (χ0n) is 6.88. The summed E-state index contributed by atoms with van der Waals surface area (Å²) in [5, 5.41) is 8.48. The highest BCUT2D eigenvalue weighted by molar-refractivity contribution is 7.87. The van der Waals surface area contributed by atoms with Gasteiger partial charge in [-0.2, -0.15) is 13.7 Å². The molecule has 1 aromatic rings. The third-order valence-electron chi connectivity index (χ3n) is 1.56. The van der Waals surface area contributed by atoms with Gasteiger partial charge in [0.1, 0.15) is 0 Å².